The molecular weight excluding hydrogens is 272 g/mol. The molecule has 0 aliphatic rings. The van der Waals surface area contributed by atoms with E-state index in [2.05, 4.69) is 9.36 Å². The van der Waals surface area contributed by atoms with Gasteiger partial charge >= 0.3 is 0 Å². The number of nitrogens with zero attached hydrogens (tertiary/aromatic N) is 3. The summed E-state index contributed by atoms with van der Waals surface area (Å²) in [5.41, 5.74) is 6.43. The standard InChI is InChI=1S/C10H12N4O2S2/c1-7-3-5-8(6-4-7)18(15,16)14(2)10-12-9(11)17-13-10/h3-6H,1-2H3,(H2,11,12,13). The van der Waals surface area contributed by atoms with Crippen molar-refractivity contribution in [3.05, 3.63) is 29.8 Å². The lowest BCUT2D eigenvalue weighted by Crippen LogP contribution is -2.27. The zero-order valence-corrected chi connectivity index (χ0v) is 11.5. The molecule has 0 spiro atoms. The number of hydrogen-bond donors (Lipinski definition) is 1. The van der Waals surface area contributed by atoms with Crippen molar-refractivity contribution in [1.29, 1.82) is 0 Å². The van der Waals surface area contributed by atoms with Gasteiger partial charge in [-0.1, -0.05) is 17.7 Å². The van der Waals surface area contributed by atoms with E-state index in [1.807, 2.05) is 6.92 Å². The van der Waals surface area contributed by atoms with Crippen LogP contribution in [0.1, 0.15) is 5.56 Å². The van der Waals surface area contributed by atoms with E-state index in [0.29, 0.717) is 0 Å². The van der Waals surface area contributed by atoms with Crippen LogP contribution in [0.4, 0.5) is 11.1 Å². The molecule has 0 aliphatic carbocycles. The Balaban J connectivity index is 2.39. The first-order valence-electron chi connectivity index (χ1n) is 5.06. The Hall–Kier alpha value is -1.67. The van der Waals surface area contributed by atoms with Crippen LogP contribution in [-0.2, 0) is 10.0 Å². The van der Waals surface area contributed by atoms with Crippen LogP contribution < -0.4 is 10.0 Å². The van der Waals surface area contributed by atoms with Crippen LogP contribution in [0.2, 0.25) is 0 Å². The van der Waals surface area contributed by atoms with Crippen molar-refractivity contribution in [2.75, 3.05) is 17.1 Å². The highest BCUT2D eigenvalue weighted by atomic mass is 32.2. The molecule has 1 aromatic heterocycles. The van der Waals surface area contributed by atoms with Crippen LogP contribution in [0.15, 0.2) is 29.2 Å². The summed E-state index contributed by atoms with van der Waals surface area (Å²) in [6.45, 7) is 1.89. The lowest BCUT2D eigenvalue weighted by molar-refractivity contribution is 0.593. The fourth-order valence-electron chi connectivity index (χ4n) is 1.33. The van der Waals surface area contributed by atoms with Gasteiger partial charge in [0.05, 0.1) is 4.90 Å². The van der Waals surface area contributed by atoms with Crippen molar-refractivity contribution in [2.45, 2.75) is 11.8 Å². The van der Waals surface area contributed by atoms with Crippen molar-refractivity contribution in [3.63, 3.8) is 0 Å². The Morgan fingerprint density at radius 2 is 1.89 bits per heavy atom. The minimum absolute atomic E-state index is 0.0816. The van der Waals surface area contributed by atoms with Crippen molar-refractivity contribution in [3.8, 4) is 0 Å². The van der Waals surface area contributed by atoms with E-state index in [1.54, 1.807) is 24.3 Å². The van der Waals surface area contributed by atoms with E-state index in [1.165, 1.54) is 7.05 Å². The van der Waals surface area contributed by atoms with Crippen LogP contribution in [-0.4, -0.2) is 24.8 Å². The molecule has 0 fully saturated rings. The summed E-state index contributed by atoms with van der Waals surface area (Å²) >= 11 is 0.957. The number of benzene rings is 1. The van der Waals surface area contributed by atoms with Gasteiger partial charge in [0.25, 0.3) is 16.0 Å². The number of sulfonamides is 1. The molecule has 0 radical (unpaired) electrons. The van der Waals surface area contributed by atoms with E-state index in [-0.39, 0.29) is 16.0 Å². The van der Waals surface area contributed by atoms with E-state index in [9.17, 15) is 8.42 Å². The zero-order valence-electron chi connectivity index (χ0n) is 9.86. The van der Waals surface area contributed by atoms with Crippen LogP contribution in [0.5, 0.6) is 0 Å². The van der Waals surface area contributed by atoms with E-state index in [0.717, 1.165) is 21.4 Å². The van der Waals surface area contributed by atoms with Gasteiger partial charge in [0.15, 0.2) is 0 Å². The Morgan fingerprint density at radius 1 is 1.28 bits per heavy atom. The Labute approximate surface area is 109 Å². The molecule has 0 atom stereocenters. The molecule has 1 heterocycles. The van der Waals surface area contributed by atoms with Gasteiger partial charge in [0.1, 0.15) is 0 Å². The molecule has 0 aliphatic heterocycles. The minimum Gasteiger partial charge on any atom is -0.374 e. The Morgan fingerprint density at radius 3 is 2.39 bits per heavy atom. The monoisotopic (exact) mass is 284 g/mol. The fourth-order valence-corrected chi connectivity index (χ4v) is 2.94. The SMILES string of the molecule is Cc1ccc(S(=O)(=O)N(C)c2nsc(N)n2)cc1. The summed E-state index contributed by atoms with van der Waals surface area (Å²) in [5, 5.41) is 0.232. The predicted octanol–water partition coefficient (Wildman–Crippen LogP) is 1.25. The van der Waals surface area contributed by atoms with Gasteiger partial charge in [0.2, 0.25) is 5.13 Å². The normalized spacial score (nSPS) is 11.4. The van der Waals surface area contributed by atoms with E-state index < -0.39 is 10.0 Å². The summed E-state index contributed by atoms with van der Waals surface area (Å²) in [6, 6.07) is 6.58. The molecule has 1 aromatic carbocycles. The van der Waals surface area contributed by atoms with E-state index >= 15 is 0 Å². The van der Waals surface area contributed by atoms with Crippen molar-refractivity contribution in [2.24, 2.45) is 0 Å². The molecule has 0 saturated carbocycles. The molecule has 0 bridgehead atoms. The lowest BCUT2D eigenvalue weighted by atomic mass is 10.2. The van der Waals surface area contributed by atoms with Gasteiger partial charge in [-0.05, 0) is 19.1 Å². The molecule has 6 nitrogen and oxygen atoms in total. The van der Waals surface area contributed by atoms with Crippen LogP contribution in [0.3, 0.4) is 0 Å². The third-order valence-electron chi connectivity index (χ3n) is 2.39. The highest BCUT2D eigenvalue weighted by Gasteiger charge is 2.23. The summed E-state index contributed by atoms with van der Waals surface area (Å²) in [7, 11) is -2.24. The Bertz CT molecular complexity index is 649. The number of nitrogen functional groups attached to an aromatic ring is 1. The molecule has 0 amide bonds. The molecular formula is C10H12N4O2S2. The highest BCUT2D eigenvalue weighted by molar-refractivity contribution is 7.92. The van der Waals surface area contributed by atoms with Gasteiger partial charge < -0.3 is 5.73 Å². The average molecular weight is 284 g/mol. The molecule has 96 valence electrons. The maximum absolute atomic E-state index is 12.3. The smallest absolute Gasteiger partial charge is 0.266 e. The maximum Gasteiger partial charge on any atom is 0.266 e. The first-order chi connectivity index (χ1) is 8.41. The topological polar surface area (TPSA) is 89.2 Å². The lowest BCUT2D eigenvalue weighted by Gasteiger charge is -2.15. The quantitative estimate of drug-likeness (QED) is 0.916. The van der Waals surface area contributed by atoms with Crippen molar-refractivity contribution >= 4 is 32.6 Å². The summed E-state index contributed by atoms with van der Waals surface area (Å²) < 4.78 is 29.4. The maximum atomic E-state index is 12.3. The molecule has 2 aromatic rings. The zero-order chi connectivity index (χ0) is 13.3. The minimum atomic E-state index is -3.64. The van der Waals surface area contributed by atoms with Crippen LogP contribution >= 0.6 is 11.5 Å². The first-order valence-corrected chi connectivity index (χ1v) is 7.27. The number of aryl methyl sites for hydroxylation is 1. The van der Waals surface area contributed by atoms with Crippen LogP contribution in [0, 0.1) is 6.92 Å². The second-order valence-corrected chi connectivity index (χ2v) is 6.47. The summed E-state index contributed by atoms with van der Waals surface area (Å²) in [6.07, 6.45) is 0. The average Bonchev–Trinajstić information content (AvgIpc) is 2.75. The van der Waals surface area contributed by atoms with Gasteiger partial charge in [0, 0.05) is 18.6 Å². The number of hydrogen-bond acceptors (Lipinski definition) is 6. The van der Waals surface area contributed by atoms with E-state index in [4.69, 9.17) is 5.73 Å². The number of anilines is 2. The highest BCUT2D eigenvalue weighted by Crippen LogP contribution is 2.21. The van der Waals surface area contributed by atoms with Crippen molar-refractivity contribution in [1.82, 2.24) is 9.36 Å². The van der Waals surface area contributed by atoms with Gasteiger partial charge in [-0.2, -0.15) is 9.36 Å². The number of rotatable bonds is 3. The molecule has 18 heavy (non-hydrogen) atoms. The number of aromatic nitrogens is 2. The molecule has 8 heteroatoms. The summed E-state index contributed by atoms with van der Waals surface area (Å²) in [5.74, 6) is 0.0816. The molecule has 2 N–H and O–H groups in total. The van der Waals surface area contributed by atoms with Gasteiger partial charge in [-0.25, -0.2) is 12.7 Å². The second kappa shape index (κ2) is 4.54. The van der Waals surface area contributed by atoms with Gasteiger partial charge in [-0.3, -0.25) is 0 Å². The van der Waals surface area contributed by atoms with Crippen molar-refractivity contribution < 1.29 is 8.42 Å². The number of nitrogens with two attached hydrogens (primary N) is 1. The molecule has 2 rings (SSSR count). The van der Waals surface area contributed by atoms with Crippen LogP contribution in [0.25, 0.3) is 0 Å². The largest absolute Gasteiger partial charge is 0.374 e. The summed E-state index contributed by atoms with van der Waals surface area (Å²) in [4.78, 5) is 4.05. The predicted molar refractivity (Wildman–Crippen MR) is 71.1 cm³/mol. The fraction of sp³-hybridized carbons (Fsp3) is 0.200. The molecule has 0 unspecified atom stereocenters. The third kappa shape index (κ3) is 2.29. The first kappa shape index (κ1) is 12.8. The second-order valence-electron chi connectivity index (χ2n) is 3.72. The molecule has 0 saturated heterocycles. The Kier molecular flexibility index (Phi) is 3.22. The van der Waals surface area contributed by atoms with Gasteiger partial charge in [-0.15, -0.1) is 0 Å². The third-order valence-corrected chi connectivity index (χ3v) is 4.68.